The van der Waals surface area contributed by atoms with Crippen LogP contribution in [0.2, 0.25) is 0 Å². The lowest BCUT2D eigenvalue weighted by Gasteiger charge is -2.23. The van der Waals surface area contributed by atoms with Crippen molar-refractivity contribution in [1.29, 1.82) is 0 Å². The maximum absolute atomic E-state index is 13.2. The van der Waals surface area contributed by atoms with Gasteiger partial charge in [0.2, 0.25) is 0 Å². The molecular formula is C20H21F3N2O4. The molecular weight excluding hydrogens is 389 g/mol. The molecule has 0 aliphatic heterocycles. The normalized spacial score (nSPS) is 12.8. The number of hydrogen-bond donors (Lipinski definition) is 3. The first-order valence-corrected chi connectivity index (χ1v) is 8.62. The minimum atomic E-state index is -4.52. The van der Waals surface area contributed by atoms with Crippen molar-refractivity contribution in [3.8, 4) is 11.1 Å². The Morgan fingerprint density at radius 1 is 1.00 bits per heavy atom. The number of alkyl halides is 3. The van der Waals surface area contributed by atoms with Gasteiger partial charge in [0.1, 0.15) is 11.6 Å². The van der Waals surface area contributed by atoms with Crippen molar-refractivity contribution in [2.75, 3.05) is 0 Å². The van der Waals surface area contributed by atoms with Gasteiger partial charge in [-0.15, -0.1) is 0 Å². The van der Waals surface area contributed by atoms with Crippen LogP contribution in [-0.2, 0) is 15.7 Å². The number of hydroxylamine groups is 1. The van der Waals surface area contributed by atoms with Crippen LogP contribution in [0.5, 0.6) is 0 Å². The van der Waals surface area contributed by atoms with Crippen molar-refractivity contribution in [1.82, 2.24) is 10.8 Å². The monoisotopic (exact) mass is 410 g/mol. The predicted molar refractivity (Wildman–Crippen MR) is 98.9 cm³/mol. The Bertz CT molecular complexity index is 875. The van der Waals surface area contributed by atoms with Crippen LogP contribution in [0.3, 0.4) is 0 Å². The molecule has 2 rings (SSSR count). The predicted octanol–water partition coefficient (Wildman–Crippen LogP) is 4.44. The molecule has 0 bridgehead atoms. The molecule has 0 aliphatic rings. The van der Waals surface area contributed by atoms with Gasteiger partial charge >= 0.3 is 12.3 Å². The van der Waals surface area contributed by atoms with Crippen LogP contribution in [0.15, 0.2) is 48.5 Å². The van der Waals surface area contributed by atoms with Gasteiger partial charge in [0.25, 0.3) is 5.91 Å². The summed E-state index contributed by atoms with van der Waals surface area (Å²) < 4.78 is 44.8. The Balaban J connectivity index is 2.33. The molecule has 0 aliphatic carbocycles. The number of alkyl carbamates (subject to hydrolysis) is 1. The van der Waals surface area contributed by atoms with Crippen molar-refractivity contribution < 1.29 is 32.7 Å². The molecule has 1 unspecified atom stereocenters. The third-order valence-corrected chi connectivity index (χ3v) is 3.82. The zero-order valence-electron chi connectivity index (χ0n) is 16.0. The fraction of sp³-hybridized carbons (Fsp3) is 0.300. The molecule has 6 nitrogen and oxygen atoms in total. The van der Waals surface area contributed by atoms with E-state index in [4.69, 9.17) is 9.94 Å². The Kier molecular flexibility index (Phi) is 6.53. The largest absolute Gasteiger partial charge is 0.444 e. The lowest BCUT2D eigenvalue weighted by molar-refractivity contribution is -0.137. The Morgan fingerprint density at radius 2 is 1.59 bits per heavy atom. The van der Waals surface area contributed by atoms with E-state index in [1.807, 2.05) is 0 Å². The van der Waals surface area contributed by atoms with Crippen LogP contribution in [0, 0.1) is 0 Å². The van der Waals surface area contributed by atoms with Gasteiger partial charge in [0, 0.05) is 0 Å². The number of hydrogen-bond acceptors (Lipinski definition) is 4. The first kappa shape index (κ1) is 22.2. The van der Waals surface area contributed by atoms with Crippen LogP contribution >= 0.6 is 0 Å². The summed E-state index contributed by atoms with van der Waals surface area (Å²) in [7, 11) is 0. The van der Waals surface area contributed by atoms with Crippen molar-refractivity contribution in [3.05, 3.63) is 59.7 Å². The summed E-state index contributed by atoms with van der Waals surface area (Å²) in [5.74, 6) is -0.931. The van der Waals surface area contributed by atoms with Crippen LogP contribution in [-0.4, -0.2) is 22.8 Å². The van der Waals surface area contributed by atoms with Crippen molar-refractivity contribution in [3.63, 3.8) is 0 Å². The van der Waals surface area contributed by atoms with Crippen LogP contribution in [0.1, 0.15) is 37.9 Å². The quantitative estimate of drug-likeness (QED) is 0.514. The van der Waals surface area contributed by atoms with Crippen molar-refractivity contribution in [2.45, 2.75) is 38.6 Å². The fourth-order valence-corrected chi connectivity index (χ4v) is 2.63. The number of rotatable bonds is 4. The molecule has 29 heavy (non-hydrogen) atoms. The highest BCUT2D eigenvalue weighted by Crippen LogP contribution is 2.37. The standard InChI is InChI=1S/C20H21F3N2O4/c1-19(2,3)29-18(27)24-16(17(26)25-28)13-10-8-12(9-11-13)14-6-4-5-7-15(14)20(21,22)23/h4-11,16,28H,1-3H3,(H,24,27)(H,25,26). The smallest absolute Gasteiger partial charge is 0.417 e. The highest BCUT2D eigenvalue weighted by Gasteiger charge is 2.33. The van der Waals surface area contributed by atoms with E-state index in [9.17, 15) is 22.8 Å². The van der Waals surface area contributed by atoms with Crippen LogP contribution < -0.4 is 10.8 Å². The summed E-state index contributed by atoms with van der Waals surface area (Å²) in [6.45, 7) is 4.92. The van der Waals surface area contributed by atoms with E-state index in [0.717, 1.165) is 6.07 Å². The minimum absolute atomic E-state index is 0.0187. The Morgan fingerprint density at radius 3 is 2.10 bits per heavy atom. The van der Waals surface area contributed by atoms with Crippen molar-refractivity contribution in [2.24, 2.45) is 0 Å². The number of carbonyl (C=O) groups excluding carboxylic acids is 2. The van der Waals surface area contributed by atoms with Crippen LogP contribution in [0.4, 0.5) is 18.0 Å². The van der Waals surface area contributed by atoms with Gasteiger partial charge in [-0.3, -0.25) is 10.0 Å². The second-order valence-electron chi connectivity index (χ2n) is 7.22. The molecule has 3 N–H and O–H groups in total. The highest BCUT2D eigenvalue weighted by molar-refractivity contribution is 5.86. The number of halogens is 3. The average Bonchev–Trinajstić information content (AvgIpc) is 2.63. The maximum atomic E-state index is 13.2. The first-order valence-electron chi connectivity index (χ1n) is 8.62. The number of benzene rings is 2. The molecule has 0 heterocycles. The first-order chi connectivity index (χ1) is 13.4. The molecule has 0 radical (unpaired) electrons. The summed E-state index contributed by atoms with van der Waals surface area (Å²) in [5, 5.41) is 11.3. The third-order valence-electron chi connectivity index (χ3n) is 3.82. The van der Waals surface area contributed by atoms with E-state index in [0.29, 0.717) is 0 Å². The zero-order valence-corrected chi connectivity index (χ0v) is 16.0. The van der Waals surface area contributed by atoms with Gasteiger partial charge in [0.05, 0.1) is 5.56 Å². The zero-order chi connectivity index (χ0) is 21.8. The Labute approximate surface area is 165 Å². The van der Waals surface area contributed by atoms with Gasteiger partial charge in [-0.2, -0.15) is 13.2 Å². The Hall–Kier alpha value is -3.07. The molecule has 0 saturated carbocycles. The van der Waals surface area contributed by atoms with Gasteiger partial charge in [0.15, 0.2) is 0 Å². The number of nitrogens with one attached hydrogen (secondary N) is 2. The van der Waals surface area contributed by atoms with Crippen molar-refractivity contribution >= 4 is 12.0 Å². The summed E-state index contributed by atoms with van der Waals surface area (Å²) >= 11 is 0. The van der Waals surface area contributed by atoms with Gasteiger partial charge in [-0.25, -0.2) is 10.3 Å². The second kappa shape index (κ2) is 8.52. The molecule has 2 aromatic rings. The number of amides is 2. The minimum Gasteiger partial charge on any atom is -0.444 e. The van der Waals surface area contributed by atoms with E-state index in [-0.39, 0.29) is 16.7 Å². The van der Waals surface area contributed by atoms with Gasteiger partial charge < -0.3 is 10.1 Å². The summed E-state index contributed by atoms with van der Waals surface area (Å²) in [6, 6.07) is 9.38. The summed E-state index contributed by atoms with van der Waals surface area (Å²) in [5.41, 5.74) is 0.358. The topological polar surface area (TPSA) is 87.7 Å². The molecule has 1 atom stereocenters. The molecule has 0 fully saturated rings. The van der Waals surface area contributed by atoms with E-state index in [1.165, 1.54) is 47.9 Å². The molecule has 9 heteroatoms. The lowest BCUT2D eigenvalue weighted by atomic mass is 9.96. The van der Waals surface area contributed by atoms with E-state index < -0.39 is 35.4 Å². The van der Waals surface area contributed by atoms with E-state index >= 15 is 0 Å². The lowest BCUT2D eigenvalue weighted by Crippen LogP contribution is -2.41. The number of ether oxygens (including phenoxy) is 1. The maximum Gasteiger partial charge on any atom is 0.417 e. The molecule has 156 valence electrons. The fourth-order valence-electron chi connectivity index (χ4n) is 2.63. The molecule has 0 spiro atoms. The van der Waals surface area contributed by atoms with Gasteiger partial charge in [-0.1, -0.05) is 42.5 Å². The summed E-state index contributed by atoms with van der Waals surface area (Å²) in [6.07, 6.45) is -5.41. The average molecular weight is 410 g/mol. The molecule has 0 aromatic heterocycles. The molecule has 0 saturated heterocycles. The second-order valence-corrected chi connectivity index (χ2v) is 7.22. The summed E-state index contributed by atoms with van der Waals surface area (Å²) in [4.78, 5) is 24.0. The third kappa shape index (κ3) is 5.95. The van der Waals surface area contributed by atoms with Crippen LogP contribution in [0.25, 0.3) is 11.1 Å². The van der Waals surface area contributed by atoms with E-state index in [1.54, 1.807) is 20.8 Å². The molecule has 2 aromatic carbocycles. The SMILES string of the molecule is CC(C)(C)OC(=O)NC(C(=O)NO)c1ccc(-c2ccccc2C(F)(F)F)cc1. The highest BCUT2D eigenvalue weighted by atomic mass is 19.4. The molecule has 2 amide bonds. The van der Waals surface area contributed by atoms with E-state index in [2.05, 4.69) is 5.32 Å². The number of carbonyl (C=O) groups is 2. The van der Waals surface area contributed by atoms with Gasteiger partial charge in [-0.05, 0) is 43.5 Å².